The molecule has 0 heterocycles. The monoisotopic (exact) mass is 299 g/mol. The molecule has 0 atom stereocenters. The maximum absolute atomic E-state index is 3.43. The number of nitrogens with one attached hydrogen (secondary N) is 1. The molecular formula is C19H25NS. The van der Waals surface area contributed by atoms with Gasteiger partial charge in [-0.15, -0.1) is 11.8 Å². The summed E-state index contributed by atoms with van der Waals surface area (Å²) in [5.74, 6) is 1.18. The minimum Gasteiger partial charge on any atom is -0.313 e. The molecule has 0 fully saturated rings. The summed E-state index contributed by atoms with van der Waals surface area (Å²) in [4.78, 5) is 1.38. The fraction of sp³-hybridized carbons (Fsp3) is 0.368. The summed E-state index contributed by atoms with van der Waals surface area (Å²) in [6.45, 7) is 4.27. The van der Waals surface area contributed by atoms with Gasteiger partial charge < -0.3 is 5.32 Å². The molecule has 1 N–H and O–H groups in total. The van der Waals surface area contributed by atoms with Gasteiger partial charge in [-0.3, -0.25) is 0 Å². The van der Waals surface area contributed by atoms with Gasteiger partial charge in [0.2, 0.25) is 0 Å². The Morgan fingerprint density at radius 2 is 1.67 bits per heavy atom. The normalized spacial score (nSPS) is 10.7. The molecule has 2 heteroatoms. The van der Waals surface area contributed by atoms with Crippen LogP contribution in [0.4, 0.5) is 0 Å². The molecule has 21 heavy (non-hydrogen) atoms. The van der Waals surface area contributed by atoms with Crippen LogP contribution in [0.1, 0.15) is 30.9 Å². The second-order valence-corrected chi connectivity index (χ2v) is 6.43. The van der Waals surface area contributed by atoms with Crippen LogP contribution in [0.5, 0.6) is 0 Å². The number of hydrogen-bond acceptors (Lipinski definition) is 2. The van der Waals surface area contributed by atoms with E-state index >= 15 is 0 Å². The van der Waals surface area contributed by atoms with Crippen LogP contribution in [0.3, 0.4) is 0 Å². The average molecular weight is 299 g/mol. The quantitative estimate of drug-likeness (QED) is 0.521. The number of rotatable bonds is 9. The highest BCUT2D eigenvalue weighted by atomic mass is 32.2. The minimum absolute atomic E-state index is 0.979. The van der Waals surface area contributed by atoms with Gasteiger partial charge in [-0.2, -0.15) is 0 Å². The maximum atomic E-state index is 3.43. The molecule has 0 aliphatic carbocycles. The van der Waals surface area contributed by atoms with Crippen molar-refractivity contribution in [2.45, 2.75) is 37.6 Å². The van der Waals surface area contributed by atoms with Gasteiger partial charge in [0.1, 0.15) is 0 Å². The van der Waals surface area contributed by atoms with Crippen molar-refractivity contribution in [2.75, 3.05) is 12.3 Å². The average Bonchev–Trinajstić information content (AvgIpc) is 2.54. The van der Waals surface area contributed by atoms with Gasteiger partial charge in [0.05, 0.1) is 0 Å². The highest BCUT2D eigenvalue weighted by molar-refractivity contribution is 7.99. The number of thioether (sulfide) groups is 1. The molecule has 0 aliphatic rings. The lowest BCUT2D eigenvalue weighted by Gasteiger charge is -2.05. The van der Waals surface area contributed by atoms with Crippen LogP contribution in [-0.4, -0.2) is 12.3 Å². The van der Waals surface area contributed by atoms with E-state index in [2.05, 4.69) is 66.8 Å². The Morgan fingerprint density at radius 1 is 0.905 bits per heavy atom. The smallest absolute Gasteiger partial charge is 0.0205 e. The van der Waals surface area contributed by atoms with Crippen LogP contribution in [0.2, 0.25) is 0 Å². The lowest BCUT2D eigenvalue weighted by atomic mass is 10.1. The molecular weight excluding hydrogens is 274 g/mol. The Hall–Kier alpha value is -1.25. The summed E-state index contributed by atoms with van der Waals surface area (Å²) < 4.78 is 0. The molecule has 0 saturated heterocycles. The largest absolute Gasteiger partial charge is 0.313 e. The van der Waals surface area contributed by atoms with Crippen LogP contribution in [0, 0.1) is 0 Å². The van der Waals surface area contributed by atoms with Crippen LogP contribution in [0.15, 0.2) is 59.5 Å². The summed E-state index contributed by atoms with van der Waals surface area (Å²) in [5.41, 5.74) is 2.81. The van der Waals surface area contributed by atoms with Crippen molar-refractivity contribution < 1.29 is 0 Å². The number of aryl methyl sites for hydroxylation is 1. The summed E-state index contributed by atoms with van der Waals surface area (Å²) in [5, 5.41) is 3.43. The van der Waals surface area contributed by atoms with Crippen molar-refractivity contribution in [1.29, 1.82) is 0 Å². The van der Waals surface area contributed by atoms with Crippen molar-refractivity contribution in [2.24, 2.45) is 0 Å². The molecule has 0 aliphatic heterocycles. The molecule has 2 aromatic rings. The summed E-state index contributed by atoms with van der Waals surface area (Å²) in [6, 6.07) is 19.7. The highest BCUT2D eigenvalue weighted by Gasteiger charge is 1.97. The van der Waals surface area contributed by atoms with Crippen LogP contribution >= 0.6 is 11.8 Å². The zero-order valence-corrected chi connectivity index (χ0v) is 13.7. The first-order chi connectivity index (χ1) is 10.4. The predicted octanol–water partition coefficient (Wildman–Crippen LogP) is 4.91. The molecule has 0 bridgehead atoms. The van der Waals surface area contributed by atoms with Gasteiger partial charge >= 0.3 is 0 Å². The third kappa shape index (κ3) is 6.36. The van der Waals surface area contributed by atoms with E-state index < -0.39 is 0 Å². The second-order valence-electron chi connectivity index (χ2n) is 5.26. The first kappa shape index (κ1) is 16.1. The van der Waals surface area contributed by atoms with Crippen molar-refractivity contribution in [3.8, 4) is 0 Å². The lowest BCUT2D eigenvalue weighted by Crippen LogP contribution is -2.13. The van der Waals surface area contributed by atoms with Crippen molar-refractivity contribution >= 4 is 11.8 Å². The number of benzene rings is 2. The standard InChI is InChI=1S/C19H25NS/c1-2-14-20-16-18-10-12-19(13-11-18)21-15-6-9-17-7-4-3-5-8-17/h3-5,7-8,10-13,20H,2,6,9,14-16H2,1H3. The summed E-state index contributed by atoms with van der Waals surface area (Å²) in [7, 11) is 0. The predicted molar refractivity (Wildman–Crippen MR) is 93.9 cm³/mol. The first-order valence-electron chi connectivity index (χ1n) is 7.85. The van der Waals surface area contributed by atoms with Gasteiger partial charge in [0.25, 0.3) is 0 Å². The molecule has 112 valence electrons. The topological polar surface area (TPSA) is 12.0 Å². The SMILES string of the molecule is CCCNCc1ccc(SCCCc2ccccc2)cc1. The number of hydrogen-bond donors (Lipinski definition) is 1. The van der Waals surface area contributed by atoms with E-state index in [0.29, 0.717) is 0 Å². The fourth-order valence-electron chi connectivity index (χ4n) is 2.22. The zero-order valence-electron chi connectivity index (χ0n) is 12.8. The van der Waals surface area contributed by atoms with Gasteiger partial charge in [-0.25, -0.2) is 0 Å². The molecule has 0 amide bonds. The fourth-order valence-corrected chi connectivity index (χ4v) is 3.08. The van der Waals surface area contributed by atoms with E-state index in [1.165, 1.54) is 41.0 Å². The maximum Gasteiger partial charge on any atom is 0.0205 e. The van der Waals surface area contributed by atoms with Gasteiger partial charge in [-0.1, -0.05) is 49.4 Å². The van der Waals surface area contributed by atoms with Crippen LogP contribution < -0.4 is 5.32 Å². The minimum atomic E-state index is 0.979. The molecule has 0 unspecified atom stereocenters. The molecule has 0 saturated carbocycles. The summed E-state index contributed by atoms with van der Waals surface area (Å²) in [6.07, 6.45) is 3.59. The van der Waals surface area contributed by atoms with E-state index in [9.17, 15) is 0 Å². The van der Waals surface area contributed by atoms with Crippen LogP contribution in [0.25, 0.3) is 0 Å². The Labute approximate surface area is 133 Å². The van der Waals surface area contributed by atoms with Crippen molar-refractivity contribution in [3.63, 3.8) is 0 Å². The van der Waals surface area contributed by atoms with Gasteiger partial charge in [0, 0.05) is 11.4 Å². The lowest BCUT2D eigenvalue weighted by molar-refractivity contribution is 0.675. The Bertz CT molecular complexity index is 493. The highest BCUT2D eigenvalue weighted by Crippen LogP contribution is 2.20. The van der Waals surface area contributed by atoms with Gasteiger partial charge in [0.15, 0.2) is 0 Å². The van der Waals surface area contributed by atoms with E-state index in [4.69, 9.17) is 0 Å². The summed E-state index contributed by atoms with van der Waals surface area (Å²) >= 11 is 1.96. The zero-order chi connectivity index (χ0) is 14.8. The third-order valence-electron chi connectivity index (χ3n) is 3.40. The van der Waals surface area contributed by atoms with E-state index in [1.807, 2.05) is 11.8 Å². The second kappa shape index (κ2) is 9.64. The van der Waals surface area contributed by atoms with Crippen molar-refractivity contribution in [3.05, 3.63) is 65.7 Å². The Balaban J connectivity index is 1.66. The molecule has 0 spiro atoms. The first-order valence-corrected chi connectivity index (χ1v) is 8.83. The van der Waals surface area contributed by atoms with E-state index in [1.54, 1.807) is 0 Å². The van der Waals surface area contributed by atoms with Crippen molar-refractivity contribution in [1.82, 2.24) is 5.32 Å². The Morgan fingerprint density at radius 3 is 2.38 bits per heavy atom. The molecule has 0 radical (unpaired) electrons. The molecule has 1 nitrogen and oxygen atoms in total. The third-order valence-corrected chi connectivity index (χ3v) is 4.50. The van der Waals surface area contributed by atoms with Gasteiger partial charge in [-0.05, 0) is 54.8 Å². The molecule has 2 aromatic carbocycles. The molecule has 2 rings (SSSR count). The Kier molecular flexibility index (Phi) is 7.41. The molecule has 0 aromatic heterocycles. The van der Waals surface area contributed by atoms with E-state index in [0.717, 1.165) is 13.1 Å². The van der Waals surface area contributed by atoms with Crippen LogP contribution in [-0.2, 0) is 13.0 Å². The van der Waals surface area contributed by atoms with E-state index in [-0.39, 0.29) is 0 Å².